The number of aryl methyl sites for hydroxylation is 1. The van der Waals surface area contributed by atoms with Gasteiger partial charge in [-0.15, -0.1) is 0 Å². The Morgan fingerprint density at radius 3 is 2.15 bits per heavy atom. The van der Waals surface area contributed by atoms with Gasteiger partial charge in [0.05, 0.1) is 5.69 Å². The molecule has 20 heavy (non-hydrogen) atoms. The van der Waals surface area contributed by atoms with Gasteiger partial charge in [0.25, 0.3) is 0 Å². The van der Waals surface area contributed by atoms with Crippen molar-refractivity contribution >= 4 is 22.2 Å². The lowest BCUT2D eigenvalue weighted by atomic mass is 10.0. The topological polar surface area (TPSA) is 12.4 Å². The molecule has 0 N–H and O–H groups in total. The second-order valence-corrected chi connectivity index (χ2v) is 5.01. The van der Waals surface area contributed by atoms with Gasteiger partial charge in [-0.3, -0.25) is 4.99 Å². The number of aliphatic imine (C=N–C) groups is 1. The van der Waals surface area contributed by atoms with Gasteiger partial charge < -0.3 is 0 Å². The van der Waals surface area contributed by atoms with Crippen molar-refractivity contribution in [3.05, 3.63) is 77.9 Å². The summed E-state index contributed by atoms with van der Waals surface area (Å²) in [6, 6.07) is 23.0. The van der Waals surface area contributed by atoms with E-state index < -0.39 is 0 Å². The van der Waals surface area contributed by atoms with Gasteiger partial charge in [-0.05, 0) is 36.4 Å². The predicted octanol–water partition coefficient (Wildman–Crippen LogP) is 5.29. The van der Waals surface area contributed by atoms with Gasteiger partial charge in [-0.2, -0.15) is 0 Å². The minimum atomic E-state index is 1.03. The number of hydrogen-bond acceptors (Lipinski definition) is 1. The second-order valence-electron chi connectivity index (χ2n) is 5.01. The van der Waals surface area contributed by atoms with Crippen molar-refractivity contribution in [2.45, 2.75) is 13.8 Å². The molecule has 0 fully saturated rings. The Balaban J connectivity index is 2.14. The summed E-state index contributed by atoms with van der Waals surface area (Å²) in [6.45, 7) is 4.20. The molecule has 3 rings (SSSR count). The third kappa shape index (κ3) is 2.35. The molecule has 0 atom stereocenters. The zero-order chi connectivity index (χ0) is 13.9. The van der Waals surface area contributed by atoms with E-state index in [4.69, 9.17) is 4.99 Å². The monoisotopic (exact) mass is 259 g/mol. The molecule has 0 heterocycles. The smallest absolute Gasteiger partial charge is 0.0711 e. The molecule has 98 valence electrons. The molecule has 0 radical (unpaired) electrons. The van der Waals surface area contributed by atoms with Crippen molar-refractivity contribution in [2.75, 3.05) is 0 Å². The van der Waals surface area contributed by atoms with Crippen LogP contribution in [0.2, 0.25) is 0 Å². The van der Waals surface area contributed by atoms with Crippen LogP contribution in [0.1, 0.15) is 18.1 Å². The first kappa shape index (κ1) is 12.6. The highest BCUT2D eigenvalue weighted by atomic mass is 14.7. The van der Waals surface area contributed by atoms with Gasteiger partial charge >= 0.3 is 0 Å². The van der Waals surface area contributed by atoms with Crippen LogP contribution in [0.4, 0.5) is 5.69 Å². The Bertz CT molecular complexity index is 770. The number of hydrogen-bond donors (Lipinski definition) is 0. The van der Waals surface area contributed by atoms with Crippen molar-refractivity contribution in [1.82, 2.24) is 0 Å². The lowest BCUT2D eigenvalue weighted by Crippen LogP contribution is -1.93. The van der Waals surface area contributed by atoms with Crippen LogP contribution in [-0.2, 0) is 0 Å². The highest BCUT2D eigenvalue weighted by Crippen LogP contribution is 2.29. The quantitative estimate of drug-likeness (QED) is 0.554. The number of rotatable bonds is 2. The Morgan fingerprint density at radius 1 is 0.750 bits per heavy atom. The van der Waals surface area contributed by atoms with E-state index in [0.717, 1.165) is 17.0 Å². The van der Waals surface area contributed by atoms with Crippen molar-refractivity contribution in [3.8, 4) is 0 Å². The summed E-state index contributed by atoms with van der Waals surface area (Å²) in [6.07, 6.45) is 0. The van der Waals surface area contributed by atoms with Crippen LogP contribution in [0.15, 0.2) is 71.7 Å². The highest BCUT2D eigenvalue weighted by Gasteiger charge is 2.03. The largest absolute Gasteiger partial charge is 0.252 e. The van der Waals surface area contributed by atoms with Crippen molar-refractivity contribution in [2.24, 2.45) is 4.99 Å². The summed E-state index contributed by atoms with van der Waals surface area (Å²) in [5, 5.41) is 2.48. The van der Waals surface area contributed by atoms with Crippen LogP contribution in [0.5, 0.6) is 0 Å². The van der Waals surface area contributed by atoms with Crippen molar-refractivity contribution in [3.63, 3.8) is 0 Å². The molecule has 0 unspecified atom stereocenters. The molecule has 0 saturated carbocycles. The van der Waals surface area contributed by atoms with E-state index in [1.807, 2.05) is 18.2 Å². The molecule has 1 heteroatoms. The highest BCUT2D eigenvalue weighted by molar-refractivity contribution is 6.03. The van der Waals surface area contributed by atoms with Crippen LogP contribution in [0.25, 0.3) is 10.8 Å². The Morgan fingerprint density at radius 2 is 1.40 bits per heavy atom. The normalized spacial score (nSPS) is 11.8. The van der Waals surface area contributed by atoms with E-state index in [-0.39, 0.29) is 0 Å². The first-order valence-corrected chi connectivity index (χ1v) is 6.85. The Hall–Kier alpha value is -2.41. The average molecular weight is 259 g/mol. The molecule has 3 aromatic carbocycles. The first-order valence-electron chi connectivity index (χ1n) is 6.85. The van der Waals surface area contributed by atoms with Gasteiger partial charge in [-0.25, -0.2) is 0 Å². The maximum Gasteiger partial charge on any atom is 0.0711 e. The minimum Gasteiger partial charge on any atom is -0.252 e. The molecule has 0 aliphatic carbocycles. The van der Waals surface area contributed by atoms with Gasteiger partial charge in [0.2, 0.25) is 0 Å². The lowest BCUT2D eigenvalue weighted by Gasteiger charge is -2.07. The Kier molecular flexibility index (Phi) is 3.34. The van der Waals surface area contributed by atoms with E-state index in [1.54, 1.807) is 0 Å². The van der Waals surface area contributed by atoms with Crippen LogP contribution in [0, 0.1) is 6.92 Å². The third-order valence-electron chi connectivity index (χ3n) is 3.60. The summed E-state index contributed by atoms with van der Waals surface area (Å²) in [7, 11) is 0. The summed E-state index contributed by atoms with van der Waals surface area (Å²) in [5.74, 6) is 0. The zero-order valence-electron chi connectivity index (χ0n) is 11.8. The van der Waals surface area contributed by atoms with Gasteiger partial charge in [-0.1, -0.05) is 60.7 Å². The summed E-state index contributed by atoms with van der Waals surface area (Å²) in [4.78, 5) is 4.82. The molecule has 0 aromatic heterocycles. The predicted molar refractivity (Wildman–Crippen MR) is 87.0 cm³/mol. The first-order chi connectivity index (χ1) is 9.75. The summed E-state index contributed by atoms with van der Waals surface area (Å²) < 4.78 is 0. The summed E-state index contributed by atoms with van der Waals surface area (Å²) in [5.41, 5.74) is 4.53. The van der Waals surface area contributed by atoms with E-state index in [1.165, 1.54) is 16.3 Å². The van der Waals surface area contributed by atoms with Crippen LogP contribution in [0.3, 0.4) is 0 Å². The number of nitrogens with zero attached hydrogens (tertiary/aromatic N) is 1. The van der Waals surface area contributed by atoms with E-state index in [2.05, 4.69) is 62.4 Å². The van der Waals surface area contributed by atoms with Crippen LogP contribution < -0.4 is 0 Å². The molecule has 0 saturated heterocycles. The van der Waals surface area contributed by atoms with Gasteiger partial charge in [0.1, 0.15) is 0 Å². The fraction of sp³-hybridized carbons (Fsp3) is 0.105. The maximum absolute atomic E-state index is 4.82. The molecule has 0 aliphatic heterocycles. The molecular formula is C19H17N. The molecule has 1 nitrogen and oxygen atoms in total. The molecule has 0 bridgehead atoms. The molecule has 3 aromatic rings. The fourth-order valence-corrected chi connectivity index (χ4v) is 2.46. The maximum atomic E-state index is 4.82. The summed E-state index contributed by atoms with van der Waals surface area (Å²) >= 11 is 0. The average Bonchev–Trinajstić information content (AvgIpc) is 2.51. The molecule has 0 amide bonds. The van der Waals surface area contributed by atoms with E-state index in [0.29, 0.717) is 0 Å². The van der Waals surface area contributed by atoms with Gasteiger partial charge in [0.15, 0.2) is 0 Å². The van der Waals surface area contributed by atoms with Crippen molar-refractivity contribution in [1.29, 1.82) is 0 Å². The van der Waals surface area contributed by atoms with Crippen LogP contribution in [-0.4, -0.2) is 5.71 Å². The molecular weight excluding hydrogens is 242 g/mol. The van der Waals surface area contributed by atoms with E-state index >= 15 is 0 Å². The molecule has 0 spiro atoms. The van der Waals surface area contributed by atoms with Gasteiger partial charge in [0, 0.05) is 11.1 Å². The Labute approximate surface area is 119 Å². The zero-order valence-corrected chi connectivity index (χ0v) is 11.8. The van der Waals surface area contributed by atoms with Crippen molar-refractivity contribution < 1.29 is 0 Å². The minimum absolute atomic E-state index is 1.03. The lowest BCUT2D eigenvalue weighted by molar-refractivity contribution is 1.47. The standard InChI is InChI=1S/C19H17N/c1-14-12-13-19(18-11-7-6-10-17(14)18)20-15(2)16-8-4-3-5-9-16/h3-13H,1-2H3. The van der Waals surface area contributed by atoms with Crippen LogP contribution >= 0.6 is 0 Å². The third-order valence-corrected chi connectivity index (χ3v) is 3.60. The van der Waals surface area contributed by atoms with E-state index in [9.17, 15) is 0 Å². The number of fused-ring (bicyclic) bond motifs is 1. The SMILES string of the molecule is CC(=Nc1ccc(C)c2ccccc12)c1ccccc1. The molecule has 0 aliphatic rings. The second kappa shape index (κ2) is 5.30. The number of benzene rings is 3. The fourth-order valence-electron chi connectivity index (χ4n) is 2.46.